The van der Waals surface area contributed by atoms with E-state index in [4.69, 9.17) is 9.02 Å². The van der Waals surface area contributed by atoms with E-state index in [1.807, 2.05) is 57.2 Å². The van der Waals surface area contributed by atoms with Crippen molar-refractivity contribution in [2.75, 3.05) is 18.0 Å². The number of likely N-dealkylation sites (N-methyl/N-ethyl adjacent to an activating group) is 1. The highest BCUT2D eigenvalue weighted by atomic mass is 32.2. The van der Waals surface area contributed by atoms with Gasteiger partial charge >= 0.3 is 17.3 Å². The Balaban J connectivity index is 1.34. The number of hydroxylamine groups is 2. The molecule has 1 atom stereocenters. The summed E-state index contributed by atoms with van der Waals surface area (Å²) in [6.45, 7) is 11.4. The van der Waals surface area contributed by atoms with Crippen molar-refractivity contribution in [3.05, 3.63) is 83.6 Å². The number of allylic oxidation sites excluding steroid dienone is 6. The van der Waals surface area contributed by atoms with Gasteiger partial charge in [0.05, 0.1) is 10.3 Å². The minimum Gasteiger partial charge on any atom is -0.380 e. The number of rotatable bonds is 14. The molecular formula is C37H44N3O10S2+. The minimum atomic E-state index is -4.35. The van der Waals surface area contributed by atoms with Gasteiger partial charge in [-0.3, -0.25) is 18.7 Å². The van der Waals surface area contributed by atoms with Gasteiger partial charge in [0, 0.05) is 66.7 Å². The number of benzene rings is 2. The lowest BCUT2D eigenvalue weighted by Gasteiger charge is -2.25. The first-order valence-corrected chi connectivity index (χ1v) is 19.5. The fourth-order valence-electron chi connectivity index (χ4n) is 7.06. The summed E-state index contributed by atoms with van der Waals surface area (Å²) in [7, 11) is -4.35. The maximum atomic E-state index is 12.3. The molecule has 2 amide bonds. The van der Waals surface area contributed by atoms with Crippen LogP contribution in [0.15, 0.2) is 77.4 Å². The predicted octanol–water partition coefficient (Wildman–Crippen LogP) is 5.81. The number of unbranched alkanes of at least 4 members (excludes halogenated alkanes) is 2. The summed E-state index contributed by atoms with van der Waals surface area (Å²) >= 11 is -2.48. The third-order valence-electron chi connectivity index (χ3n) is 9.70. The van der Waals surface area contributed by atoms with Crippen LogP contribution in [0.4, 0.5) is 11.4 Å². The van der Waals surface area contributed by atoms with E-state index >= 15 is 0 Å². The van der Waals surface area contributed by atoms with Crippen molar-refractivity contribution < 1.29 is 49.7 Å². The van der Waals surface area contributed by atoms with Gasteiger partial charge in [0.2, 0.25) is 5.69 Å². The van der Waals surface area contributed by atoms with Crippen molar-refractivity contribution >= 4 is 56.3 Å². The molecule has 3 heterocycles. The maximum absolute atomic E-state index is 12.3. The normalized spacial score (nSPS) is 19.3. The Morgan fingerprint density at radius 3 is 2.33 bits per heavy atom. The molecule has 13 nitrogen and oxygen atoms in total. The van der Waals surface area contributed by atoms with Gasteiger partial charge in [-0.1, -0.05) is 32.1 Å². The molecule has 52 heavy (non-hydrogen) atoms. The van der Waals surface area contributed by atoms with Crippen LogP contribution in [0.2, 0.25) is 0 Å². The number of amides is 2. The van der Waals surface area contributed by atoms with Crippen molar-refractivity contribution in [1.82, 2.24) is 5.06 Å². The number of carbonyl (C=O) groups excluding carboxylic acids is 3. The molecule has 0 aliphatic carbocycles. The van der Waals surface area contributed by atoms with Gasteiger partial charge < -0.3 is 13.9 Å². The second-order valence-electron chi connectivity index (χ2n) is 13.8. The lowest BCUT2D eigenvalue weighted by Crippen LogP contribution is -2.31. The third kappa shape index (κ3) is 7.97. The predicted molar refractivity (Wildman–Crippen MR) is 195 cm³/mol. The Bertz CT molecular complexity index is 2030. The monoisotopic (exact) mass is 754 g/mol. The molecule has 2 aromatic carbocycles. The zero-order chi connectivity index (χ0) is 38.0. The molecule has 0 bridgehead atoms. The highest BCUT2D eigenvalue weighted by Crippen LogP contribution is 2.48. The fraction of sp³-hybridized carbons (Fsp3) is 0.405. The molecule has 2 N–H and O–H groups in total. The van der Waals surface area contributed by atoms with Crippen LogP contribution in [0.3, 0.4) is 0 Å². The van der Waals surface area contributed by atoms with Crippen LogP contribution in [-0.4, -0.2) is 68.0 Å². The number of fused-ring (bicyclic) bond motifs is 2. The van der Waals surface area contributed by atoms with Crippen molar-refractivity contribution in [3.8, 4) is 5.75 Å². The van der Waals surface area contributed by atoms with E-state index in [0.29, 0.717) is 37.4 Å². The Kier molecular flexibility index (Phi) is 11.4. The van der Waals surface area contributed by atoms with Gasteiger partial charge in [-0.2, -0.15) is 17.2 Å². The third-order valence-corrected chi connectivity index (χ3v) is 10.9. The number of hydrogen-bond acceptors (Lipinski definition) is 9. The maximum Gasteiger partial charge on any atom is 0.357 e. The van der Waals surface area contributed by atoms with E-state index in [1.165, 1.54) is 12.1 Å². The number of nitrogens with zero attached hydrogens (tertiary/aromatic N) is 3. The van der Waals surface area contributed by atoms with Gasteiger partial charge in [0.15, 0.2) is 5.71 Å². The zero-order valence-electron chi connectivity index (χ0n) is 29.8. The lowest BCUT2D eigenvalue weighted by molar-refractivity contribution is -0.438. The lowest BCUT2D eigenvalue weighted by atomic mass is 9.81. The summed E-state index contributed by atoms with van der Waals surface area (Å²) < 4.78 is 61.3. The van der Waals surface area contributed by atoms with Crippen molar-refractivity contribution in [1.29, 1.82) is 0 Å². The molecule has 1 fully saturated rings. The molecule has 3 aliphatic heterocycles. The SMILES string of the molecule is CCN1C(=CC=CC=CC2=[N+](CCCCCC(=O)ON3C(=O)CCC3=O)c3ccc(OS(=O)O)cc3C2(C)C)C(C)(C)c2cc(S(=O)(=O)O)ccc21. The van der Waals surface area contributed by atoms with Gasteiger partial charge in [-0.05, 0) is 75.6 Å². The Morgan fingerprint density at radius 1 is 0.962 bits per heavy atom. The van der Waals surface area contributed by atoms with Crippen LogP contribution in [0, 0.1) is 0 Å². The molecule has 15 heteroatoms. The van der Waals surface area contributed by atoms with Crippen LogP contribution in [0.5, 0.6) is 5.75 Å². The van der Waals surface area contributed by atoms with E-state index in [0.717, 1.165) is 33.9 Å². The van der Waals surface area contributed by atoms with Crippen LogP contribution >= 0.6 is 0 Å². The van der Waals surface area contributed by atoms with Crippen LogP contribution in [0.1, 0.15) is 84.3 Å². The van der Waals surface area contributed by atoms with Crippen molar-refractivity contribution in [2.24, 2.45) is 0 Å². The topological polar surface area (TPSA) is 171 Å². The van der Waals surface area contributed by atoms with E-state index in [2.05, 4.69) is 23.3 Å². The molecule has 1 unspecified atom stereocenters. The molecule has 0 spiro atoms. The van der Waals surface area contributed by atoms with E-state index < -0.39 is 50.1 Å². The average molecular weight is 755 g/mol. The van der Waals surface area contributed by atoms with Gasteiger partial charge in [0.1, 0.15) is 12.3 Å². The number of imide groups is 1. The average Bonchev–Trinajstić information content (AvgIpc) is 3.58. The molecule has 2 aromatic rings. The summed E-state index contributed by atoms with van der Waals surface area (Å²) in [6, 6.07) is 9.93. The van der Waals surface area contributed by atoms with Gasteiger partial charge in [-0.15, -0.1) is 5.06 Å². The second-order valence-corrected chi connectivity index (χ2v) is 15.8. The van der Waals surface area contributed by atoms with E-state index in [9.17, 15) is 36.1 Å². The van der Waals surface area contributed by atoms with Crippen molar-refractivity contribution in [2.45, 2.75) is 88.9 Å². The second kappa shape index (κ2) is 15.3. The van der Waals surface area contributed by atoms with Crippen LogP contribution in [-0.2, 0) is 51.5 Å². The quantitative estimate of drug-likeness (QED) is 0.0596. The molecular weight excluding hydrogens is 711 g/mol. The zero-order valence-corrected chi connectivity index (χ0v) is 31.5. The summed E-state index contributed by atoms with van der Waals surface area (Å²) in [4.78, 5) is 42.7. The molecule has 0 aromatic heterocycles. The largest absolute Gasteiger partial charge is 0.380 e. The molecule has 0 radical (unpaired) electrons. The number of hydrogen-bond donors (Lipinski definition) is 2. The Labute approximate surface area is 306 Å². The standard InChI is InChI=1S/C37H43N3O10S2/c1-6-38-29-19-17-26(52(46,47)48)24-28(29)37(4,5)31(38)13-9-7-10-14-32-36(2,3)27-23-25(50-51(44)45)16-18-30(27)39(32)22-12-8-11-15-35(43)49-40-33(41)20-21-34(40)42/h7,9-10,13-14,16-19,23-24H,6,8,11-12,15,20-22H2,1-5H3,(H-,44,45,46,47,48)/p+1. The summed E-state index contributed by atoms with van der Waals surface area (Å²) in [6.07, 6.45) is 11.8. The highest BCUT2D eigenvalue weighted by Gasteiger charge is 2.45. The number of carbonyl (C=O) groups is 3. The van der Waals surface area contributed by atoms with Crippen LogP contribution in [0.25, 0.3) is 0 Å². The smallest absolute Gasteiger partial charge is 0.357 e. The summed E-state index contributed by atoms with van der Waals surface area (Å²) in [5.41, 5.74) is 4.44. The fourth-order valence-corrected chi connectivity index (χ4v) is 7.84. The molecule has 1 saturated heterocycles. The minimum absolute atomic E-state index is 0.0408. The molecule has 0 saturated carbocycles. The molecule has 3 aliphatic rings. The first-order valence-electron chi connectivity index (χ1n) is 17.1. The molecule has 5 rings (SSSR count). The Morgan fingerprint density at radius 2 is 1.67 bits per heavy atom. The first-order chi connectivity index (χ1) is 24.5. The Hall–Kier alpha value is -4.44. The number of anilines is 1. The first kappa shape index (κ1) is 38.8. The molecule has 278 valence electrons. The van der Waals surface area contributed by atoms with Crippen molar-refractivity contribution in [3.63, 3.8) is 0 Å². The van der Waals surface area contributed by atoms with Gasteiger partial charge in [0.25, 0.3) is 21.9 Å². The van der Waals surface area contributed by atoms with Crippen LogP contribution < -0.4 is 9.08 Å². The van der Waals surface area contributed by atoms with Gasteiger partial charge in [-0.25, -0.2) is 4.79 Å². The van der Waals surface area contributed by atoms with E-state index in [-0.39, 0.29) is 29.9 Å². The summed E-state index contributed by atoms with van der Waals surface area (Å²) in [5.74, 6) is -1.38. The van der Waals surface area contributed by atoms with E-state index in [1.54, 1.807) is 18.2 Å². The summed E-state index contributed by atoms with van der Waals surface area (Å²) in [5, 5.41) is 0.559. The highest BCUT2D eigenvalue weighted by molar-refractivity contribution is 7.85.